The van der Waals surface area contributed by atoms with Gasteiger partial charge in [0, 0.05) is 19.6 Å². The summed E-state index contributed by atoms with van der Waals surface area (Å²) in [4.78, 5) is 14.4. The third kappa shape index (κ3) is 2.50. The van der Waals surface area contributed by atoms with Gasteiger partial charge >= 0.3 is 0 Å². The zero-order valence-electron chi connectivity index (χ0n) is 11.3. The van der Waals surface area contributed by atoms with Gasteiger partial charge in [0.1, 0.15) is 0 Å². The van der Waals surface area contributed by atoms with Gasteiger partial charge in [-0.15, -0.1) is 0 Å². The van der Waals surface area contributed by atoms with Crippen LogP contribution < -0.4 is 5.32 Å². The van der Waals surface area contributed by atoms with Gasteiger partial charge in [-0.1, -0.05) is 19.1 Å². The standard InChI is InChI=1S/C15H22N2O/c1-3-11-17(4-2)15(18)13-9-5-7-12-8-6-10-16-14(12)13/h5,7,9,16H,3-4,6,8,10-11H2,1-2H3. The first-order chi connectivity index (χ1) is 8.77. The van der Waals surface area contributed by atoms with Crippen LogP contribution in [0.5, 0.6) is 0 Å². The highest BCUT2D eigenvalue weighted by molar-refractivity contribution is 6.00. The fraction of sp³-hybridized carbons (Fsp3) is 0.533. The molecule has 2 rings (SSSR count). The molecule has 18 heavy (non-hydrogen) atoms. The molecule has 1 N–H and O–H groups in total. The zero-order chi connectivity index (χ0) is 13.0. The van der Waals surface area contributed by atoms with E-state index in [1.807, 2.05) is 24.0 Å². The number of nitrogens with one attached hydrogen (secondary N) is 1. The van der Waals surface area contributed by atoms with Crippen molar-refractivity contribution in [1.29, 1.82) is 0 Å². The van der Waals surface area contributed by atoms with Crippen LogP contribution in [-0.2, 0) is 6.42 Å². The molecule has 0 aromatic heterocycles. The highest BCUT2D eigenvalue weighted by atomic mass is 16.2. The van der Waals surface area contributed by atoms with Gasteiger partial charge in [-0.25, -0.2) is 0 Å². The minimum atomic E-state index is 0.158. The number of hydrogen-bond donors (Lipinski definition) is 1. The Kier molecular flexibility index (Phi) is 4.24. The molecule has 3 nitrogen and oxygen atoms in total. The molecule has 3 heteroatoms. The van der Waals surface area contributed by atoms with Crippen molar-refractivity contribution in [1.82, 2.24) is 4.90 Å². The van der Waals surface area contributed by atoms with Crippen LogP contribution in [0, 0.1) is 0 Å². The number of aryl methyl sites for hydroxylation is 1. The maximum atomic E-state index is 12.5. The second-order valence-corrected chi connectivity index (χ2v) is 4.75. The smallest absolute Gasteiger partial charge is 0.255 e. The Morgan fingerprint density at radius 1 is 1.39 bits per heavy atom. The maximum absolute atomic E-state index is 12.5. The molecule has 1 heterocycles. The normalized spacial score (nSPS) is 13.7. The van der Waals surface area contributed by atoms with E-state index in [0.29, 0.717) is 0 Å². The lowest BCUT2D eigenvalue weighted by atomic mass is 9.98. The number of rotatable bonds is 4. The highest BCUT2D eigenvalue weighted by Gasteiger charge is 2.20. The minimum Gasteiger partial charge on any atom is -0.384 e. The Balaban J connectivity index is 2.29. The largest absolute Gasteiger partial charge is 0.384 e. The SMILES string of the molecule is CCCN(CC)C(=O)c1cccc2c1NCCC2. The fourth-order valence-corrected chi connectivity index (χ4v) is 2.53. The number of carbonyl (C=O) groups is 1. The summed E-state index contributed by atoms with van der Waals surface area (Å²) >= 11 is 0. The third-order valence-electron chi connectivity index (χ3n) is 3.47. The molecule has 0 fully saturated rings. The van der Waals surface area contributed by atoms with Crippen LogP contribution in [0.15, 0.2) is 18.2 Å². The van der Waals surface area contributed by atoms with Gasteiger partial charge in [0.2, 0.25) is 0 Å². The number of para-hydroxylation sites is 1. The molecule has 0 radical (unpaired) electrons. The monoisotopic (exact) mass is 246 g/mol. The molecule has 1 aliphatic heterocycles. The Morgan fingerprint density at radius 3 is 2.94 bits per heavy atom. The van der Waals surface area contributed by atoms with Gasteiger partial charge in [0.25, 0.3) is 5.91 Å². The molecule has 0 unspecified atom stereocenters. The van der Waals surface area contributed by atoms with E-state index in [1.165, 1.54) is 5.56 Å². The summed E-state index contributed by atoms with van der Waals surface area (Å²) in [5, 5.41) is 3.39. The van der Waals surface area contributed by atoms with Gasteiger partial charge in [-0.2, -0.15) is 0 Å². The first-order valence-corrected chi connectivity index (χ1v) is 6.93. The fourth-order valence-electron chi connectivity index (χ4n) is 2.53. The average molecular weight is 246 g/mol. The Labute approximate surface area is 109 Å². The van der Waals surface area contributed by atoms with Gasteiger partial charge in [0.15, 0.2) is 0 Å². The van der Waals surface area contributed by atoms with Crippen LogP contribution in [-0.4, -0.2) is 30.4 Å². The van der Waals surface area contributed by atoms with Crippen molar-refractivity contribution < 1.29 is 4.79 Å². The molecule has 0 saturated carbocycles. The number of fused-ring (bicyclic) bond motifs is 1. The second kappa shape index (κ2) is 5.89. The molecular formula is C15H22N2O. The van der Waals surface area contributed by atoms with Crippen molar-refractivity contribution in [3.63, 3.8) is 0 Å². The van der Waals surface area contributed by atoms with Crippen molar-refractivity contribution in [3.05, 3.63) is 29.3 Å². The van der Waals surface area contributed by atoms with E-state index < -0.39 is 0 Å². The maximum Gasteiger partial charge on any atom is 0.255 e. The Bertz CT molecular complexity index is 429. The molecular weight excluding hydrogens is 224 g/mol. The van der Waals surface area contributed by atoms with Crippen LogP contribution in [0.2, 0.25) is 0 Å². The molecule has 1 aromatic carbocycles. The summed E-state index contributed by atoms with van der Waals surface area (Å²) in [7, 11) is 0. The number of anilines is 1. The molecule has 1 aliphatic rings. The van der Waals surface area contributed by atoms with Gasteiger partial charge in [-0.05, 0) is 37.8 Å². The molecule has 0 spiro atoms. The molecule has 1 amide bonds. The average Bonchev–Trinajstić information content (AvgIpc) is 2.43. The number of benzene rings is 1. The molecule has 98 valence electrons. The van der Waals surface area contributed by atoms with E-state index in [1.54, 1.807) is 0 Å². The predicted octanol–water partition coefficient (Wildman–Crippen LogP) is 2.92. The number of carbonyl (C=O) groups excluding carboxylic acids is 1. The second-order valence-electron chi connectivity index (χ2n) is 4.75. The summed E-state index contributed by atoms with van der Waals surface area (Å²) in [5.74, 6) is 0.158. The molecule has 0 saturated heterocycles. The third-order valence-corrected chi connectivity index (χ3v) is 3.47. The van der Waals surface area contributed by atoms with E-state index >= 15 is 0 Å². The quantitative estimate of drug-likeness (QED) is 0.886. The first kappa shape index (κ1) is 12.9. The van der Waals surface area contributed by atoms with Crippen LogP contribution in [0.25, 0.3) is 0 Å². The topological polar surface area (TPSA) is 32.3 Å². The predicted molar refractivity (Wildman–Crippen MR) is 75.1 cm³/mol. The molecule has 0 atom stereocenters. The van der Waals surface area contributed by atoms with Crippen molar-refractivity contribution in [2.45, 2.75) is 33.1 Å². The summed E-state index contributed by atoms with van der Waals surface area (Å²) in [5.41, 5.74) is 3.17. The number of hydrogen-bond acceptors (Lipinski definition) is 2. The van der Waals surface area contributed by atoms with E-state index in [0.717, 1.165) is 50.1 Å². The summed E-state index contributed by atoms with van der Waals surface area (Å²) in [6, 6.07) is 6.06. The Morgan fingerprint density at radius 2 is 2.22 bits per heavy atom. The lowest BCUT2D eigenvalue weighted by molar-refractivity contribution is 0.0765. The van der Waals surface area contributed by atoms with Gasteiger partial charge in [0.05, 0.1) is 11.3 Å². The summed E-state index contributed by atoms with van der Waals surface area (Å²) in [6.07, 6.45) is 3.22. The lowest BCUT2D eigenvalue weighted by Crippen LogP contribution is -2.32. The van der Waals surface area contributed by atoms with Crippen molar-refractivity contribution >= 4 is 11.6 Å². The summed E-state index contributed by atoms with van der Waals surface area (Å²) in [6.45, 7) is 6.72. The molecule has 0 bridgehead atoms. The minimum absolute atomic E-state index is 0.158. The number of nitrogens with zero attached hydrogens (tertiary/aromatic N) is 1. The van der Waals surface area contributed by atoms with Gasteiger partial charge < -0.3 is 10.2 Å². The molecule has 0 aliphatic carbocycles. The first-order valence-electron chi connectivity index (χ1n) is 6.93. The van der Waals surface area contributed by atoms with Gasteiger partial charge in [-0.3, -0.25) is 4.79 Å². The highest BCUT2D eigenvalue weighted by Crippen LogP contribution is 2.27. The van der Waals surface area contributed by atoms with Crippen LogP contribution in [0.4, 0.5) is 5.69 Å². The van der Waals surface area contributed by atoms with Crippen molar-refractivity contribution in [2.75, 3.05) is 25.0 Å². The van der Waals surface area contributed by atoms with E-state index in [4.69, 9.17) is 0 Å². The summed E-state index contributed by atoms with van der Waals surface area (Å²) < 4.78 is 0. The van der Waals surface area contributed by atoms with Crippen LogP contribution >= 0.6 is 0 Å². The molecule has 1 aromatic rings. The van der Waals surface area contributed by atoms with Crippen molar-refractivity contribution in [2.24, 2.45) is 0 Å². The number of amides is 1. The van der Waals surface area contributed by atoms with E-state index in [9.17, 15) is 4.79 Å². The van der Waals surface area contributed by atoms with E-state index in [2.05, 4.69) is 18.3 Å². The van der Waals surface area contributed by atoms with Crippen LogP contribution in [0.1, 0.15) is 42.6 Å². The zero-order valence-corrected chi connectivity index (χ0v) is 11.3. The Hall–Kier alpha value is -1.51. The van der Waals surface area contributed by atoms with Crippen molar-refractivity contribution in [3.8, 4) is 0 Å². The van der Waals surface area contributed by atoms with Crippen LogP contribution in [0.3, 0.4) is 0 Å². The van der Waals surface area contributed by atoms with E-state index in [-0.39, 0.29) is 5.91 Å². The lowest BCUT2D eigenvalue weighted by Gasteiger charge is -2.25.